The molecule has 1 fully saturated rings. The van der Waals surface area contributed by atoms with E-state index in [2.05, 4.69) is 15.6 Å². The third kappa shape index (κ3) is 6.18. The minimum Gasteiger partial charge on any atom is -0.347 e. The molecule has 116 valence electrons. The normalized spacial score (nSPS) is 19.4. The van der Waals surface area contributed by atoms with Crippen LogP contribution in [-0.2, 0) is 4.79 Å². The molecule has 8 heteroatoms. The van der Waals surface area contributed by atoms with Crippen molar-refractivity contribution in [2.45, 2.75) is 32.4 Å². The van der Waals surface area contributed by atoms with E-state index in [4.69, 9.17) is 0 Å². The highest BCUT2D eigenvalue weighted by molar-refractivity contribution is 7.99. The summed E-state index contributed by atoms with van der Waals surface area (Å²) in [5, 5.41) is 9.38. The highest BCUT2D eigenvalue weighted by atomic mass is 35.5. The summed E-state index contributed by atoms with van der Waals surface area (Å²) in [6.07, 6.45) is 0.557. The van der Waals surface area contributed by atoms with Gasteiger partial charge >= 0.3 is 0 Å². The van der Waals surface area contributed by atoms with Gasteiger partial charge in [0.25, 0.3) is 0 Å². The molecular formula is C12H21Cl2N3OS2. The second-order valence-corrected chi connectivity index (χ2v) is 6.59. The average Bonchev–Trinajstić information content (AvgIpc) is 2.77. The first-order valence-corrected chi connectivity index (χ1v) is 8.21. The number of rotatable bonds is 4. The topological polar surface area (TPSA) is 54.0 Å². The van der Waals surface area contributed by atoms with Crippen molar-refractivity contribution in [1.29, 1.82) is 0 Å². The average molecular weight is 358 g/mol. The van der Waals surface area contributed by atoms with Crippen molar-refractivity contribution in [1.82, 2.24) is 15.6 Å². The van der Waals surface area contributed by atoms with Crippen molar-refractivity contribution in [2.24, 2.45) is 0 Å². The summed E-state index contributed by atoms with van der Waals surface area (Å²) in [6, 6.07) is 0.321. The summed E-state index contributed by atoms with van der Waals surface area (Å²) in [4.78, 5) is 16.3. The number of carbonyl (C=O) groups is 1. The smallest absolute Gasteiger partial charge is 0.222 e. The van der Waals surface area contributed by atoms with Gasteiger partial charge in [-0.2, -0.15) is 11.8 Å². The maximum absolute atomic E-state index is 11.9. The van der Waals surface area contributed by atoms with Crippen LogP contribution in [0.25, 0.3) is 0 Å². The van der Waals surface area contributed by atoms with Gasteiger partial charge in [-0.1, -0.05) is 0 Å². The van der Waals surface area contributed by atoms with E-state index < -0.39 is 0 Å². The molecule has 0 radical (unpaired) electrons. The molecule has 2 N–H and O–H groups in total. The fourth-order valence-electron chi connectivity index (χ4n) is 1.91. The number of nitrogens with zero attached hydrogens (tertiary/aromatic N) is 1. The number of hydrogen-bond acceptors (Lipinski definition) is 5. The van der Waals surface area contributed by atoms with Gasteiger partial charge in [0.1, 0.15) is 5.01 Å². The Morgan fingerprint density at radius 2 is 2.35 bits per heavy atom. The quantitative estimate of drug-likeness (QED) is 0.869. The van der Waals surface area contributed by atoms with Crippen molar-refractivity contribution in [2.75, 3.05) is 18.1 Å². The first kappa shape index (κ1) is 20.0. The molecule has 2 heterocycles. The Morgan fingerprint density at radius 1 is 1.60 bits per heavy atom. The van der Waals surface area contributed by atoms with Crippen LogP contribution in [-0.4, -0.2) is 35.0 Å². The molecule has 0 saturated carbocycles. The molecule has 0 aromatic carbocycles. The zero-order chi connectivity index (χ0) is 13.0. The molecule has 1 aromatic rings. The summed E-state index contributed by atoms with van der Waals surface area (Å²) in [6.45, 7) is 4.96. The predicted molar refractivity (Wildman–Crippen MR) is 91.6 cm³/mol. The molecule has 20 heavy (non-hydrogen) atoms. The number of halogens is 2. The van der Waals surface area contributed by atoms with Crippen LogP contribution in [0.2, 0.25) is 0 Å². The third-order valence-electron chi connectivity index (χ3n) is 2.81. The summed E-state index contributed by atoms with van der Waals surface area (Å²) < 4.78 is 0. The zero-order valence-corrected chi connectivity index (χ0v) is 14.8. The highest BCUT2D eigenvalue weighted by Gasteiger charge is 2.19. The number of hydrogen-bond donors (Lipinski definition) is 2. The fourth-order valence-corrected chi connectivity index (χ4v) is 3.66. The lowest BCUT2D eigenvalue weighted by atomic mass is 10.2. The predicted octanol–water partition coefficient (Wildman–Crippen LogP) is 2.57. The molecule has 1 aliphatic rings. The molecule has 1 aromatic heterocycles. The van der Waals surface area contributed by atoms with E-state index in [0.29, 0.717) is 12.5 Å². The van der Waals surface area contributed by atoms with Gasteiger partial charge in [-0.15, -0.1) is 36.2 Å². The number of nitrogens with one attached hydrogen (secondary N) is 2. The monoisotopic (exact) mass is 357 g/mol. The summed E-state index contributed by atoms with van der Waals surface area (Å²) >= 11 is 3.51. The molecule has 1 saturated heterocycles. The van der Waals surface area contributed by atoms with Crippen molar-refractivity contribution in [3.63, 3.8) is 0 Å². The molecule has 4 nitrogen and oxygen atoms in total. The van der Waals surface area contributed by atoms with E-state index in [-0.39, 0.29) is 36.8 Å². The number of thioether (sulfide) groups is 1. The lowest BCUT2D eigenvalue weighted by Gasteiger charge is -2.23. The Kier molecular flexibility index (Phi) is 9.84. The summed E-state index contributed by atoms with van der Waals surface area (Å²) in [5.41, 5.74) is 1.02. The van der Waals surface area contributed by atoms with E-state index in [9.17, 15) is 4.79 Å². The maximum atomic E-state index is 11.9. The van der Waals surface area contributed by atoms with Crippen molar-refractivity contribution in [3.8, 4) is 0 Å². The Labute approximate surface area is 140 Å². The SMILES string of the molecule is Cc1csc(C(C)NC(=O)CC2CSCCN2)n1.Cl.Cl. The van der Waals surface area contributed by atoms with Crippen LogP contribution in [0.5, 0.6) is 0 Å². The van der Waals surface area contributed by atoms with E-state index in [1.165, 1.54) is 0 Å². The second-order valence-electron chi connectivity index (χ2n) is 4.55. The fraction of sp³-hybridized carbons (Fsp3) is 0.667. The largest absolute Gasteiger partial charge is 0.347 e. The van der Waals surface area contributed by atoms with E-state index >= 15 is 0 Å². The first-order chi connectivity index (χ1) is 8.65. The van der Waals surface area contributed by atoms with Gasteiger partial charge < -0.3 is 10.6 Å². The van der Waals surface area contributed by atoms with Gasteiger partial charge in [0, 0.05) is 41.6 Å². The van der Waals surface area contributed by atoms with Gasteiger partial charge in [0.15, 0.2) is 0 Å². The Bertz CT molecular complexity index is 411. The molecule has 0 spiro atoms. The Balaban J connectivity index is 0.00000180. The van der Waals surface area contributed by atoms with Crippen molar-refractivity contribution in [3.05, 3.63) is 16.1 Å². The van der Waals surface area contributed by atoms with Gasteiger partial charge in [-0.05, 0) is 13.8 Å². The van der Waals surface area contributed by atoms with Gasteiger partial charge in [-0.3, -0.25) is 4.79 Å². The summed E-state index contributed by atoms with van der Waals surface area (Å²) in [5.74, 6) is 2.28. The molecule has 1 aliphatic heterocycles. The first-order valence-electron chi connectivity index (χ1n) is 6.17. The molecule has 2 rings (SSSR count). The van der Waals surface area contributed by atoms with Crippen LogP contribution in [0.3, 0.4) is 0 Å². The number of carbonyl (C=O) groups excluding carboxylic acids is 1. The minimum atomic E-state index is 0. The number of amides is 1. The van der Waals surface area contributed by atoms with Crippen LogP contribution >= 0.6 is 47.9 Å². The molecule has 0 bridgehead atoms. The molecule has 2 unspecified atom stereocenters. The third-order valence-corrected chi connectivity index (χ3v) is 5.09. The van der Waals surface area contributed by atoms with Crippen LogP contribution in [0, 0.1) is 6.92 Å². The molecular weight excluding hydrogens is 337 g/mol. The highest BCUT2D eigenvalue weighted by Crippen LogP contribution is 2.18. The standard InChI is InChI=1S/C12H19N3OS2.2ClH/c1-8-6-18-12(14-8)9(2)15-11(16)5-10-7-17-4-3-13-10;;/h6,9-10,13H,3-5,7H2,1-2H3,(H,15,16);2*1H. The zero-order valence-electron chi connectivity index (χ0n) is 11.5. The lowest BCUT2D eigenvalue weighted by molar-refractivity contribution is -0.122. The lowest BCUT2D eigenvalue weighted by Crippen LogP contribution is -2.41. The summed E-state index contributed by atoms with van der Waals surface area (Å²) in [7, 11) is 0. The number of thiazole rings is 1. The van der Waals surface area contributed by atoms with Crippen molar-refractivity contribution < 1.29 is 4.79 Å². The molecule has 1 amide bonds. The van der Waals surface area contributed by atoms with Crippen LogP contribution in [0.15, 0.2) is 5.38 Å². The van der Waals surface area contributed by atoms with Crippen LogP contribution < -0.4 is 10.6 Å². The van der Waals surface area contributed by atoms with Crippen LogP contribution in [0.1, 0.15) is 30.1 Å². The molecule has 2 atom stereocenters. The van der Waals surface area contributed by atoms with E-state index in [0.717, 1.165) is 28.8 Å². The number of aromatic nitrogens is 1. The minimum absolute atomic E-state index is 0. The maximum Gasteiger partial charge on any atom is 0.222 e. The van der Waals surface area contributed by atoms with Gasteiger partial charge in [0.2, 0.25) is 5.91 Å². The Morgan fingerprint density at radius 3 is 2.90 bits per heavy atom. The van der Waals surface area contributed by atoms with Crippen LogP contribution in [0.4, 0.5) is 0 Å². The van der Waals surface area contributed by atoms with Gasteiger partial charge in [0.05, 0.1) is 6.04 Å². The second kappa shape index (κ2) is 9.84. The van der Waals surface area contributed by atoms with E-state index in [1.807, 2.05) is 31.0 Å². The molecule has 0 aliphatic carbocycles. The number of aryl methyl sites for hydroxylation is 1. The van der Waals surface area contributed by atoms with E-state index in [1.54, 1.807) is 11.3 Å². The van der Waals surface area contributed by atoms with Gasteiger partial charge in [-0.25, -0.2) is 4.98 Å². The Hall–Kier alpha value is -0.0100. The van der Waals surface area contributed by atoms with Crippen molar-refractivity contribution >= 4 is 53.8 Å².